The lowest BCUT2D eigenvalue weighted by atomic mass is 10.1. The van der Waals surface area contributed by atoms with Crippen molar-refractivity contribution < 1.29 is 9.15 Å². The molecule has 0 unspecified atom stereocenters. The molecule has 5 heteroatoms. The number of nitrogens with zero attached hydrogens (tertiary/aromatic N) is 2. The highest BCUT2D eigenvalue weighted by molar-refractivity contribution is 7.98. The second kappa shape index (κ2) is 8.10. The molecule has 0 N–H and O–H groups in total. The highest BCUT2D eigenvalue weighted by atomic mass is 32.2. The van der Waals surface area contributed by atoms with Crippen LogP contribution in [0.1, 0.15) is 11.1 Å². The van der Waals surface area contributed by atoms with Gasteiger partial charge in [0.15, 0.2) is 0 Å². The van der Waals surface area contributed by atoms with E-state index in [4.69, 9.17) is 9.15 Å². The molecule has 0 aliphatic carbocycles. The molecule has 0 radical (unpaired) electrons. The maximum Gasteiger partial charge on any atom is 0.277 e. The topological polar surface area (TPSA) is 48.2 Å². The van der Waals surface area contributed by atoms with Gasteiger partial charge in [-0.25, -0.2) is 0 Å². The molecular formula is C22H18N2O2S. The van der Waals surface area contributed by atoms with E-state index in [1.807, 2.05) is 85.8 Å². The predicted octanol–water partition coefficient (Wildman–Crippen LogP) is 6.13. The summed E-state index contributed by atoms with van der Waals surface area (Å²) in [7, 11) is 0. The van der Waals surface area contributed by atoms with Crippen LogP contribution in [0, 0.1) is 6.92 Å². The van der Waals surface area contributed by atoms with E-state index in [9.17, 15) is 0 Å². The summed E-state index contributed by atoms with van der Waals surface area (Å²) >= 11 is 1.50. The molecule has 4 aromatic rings. The van der Waals surface area contributed by atoms with Gasteiger partial charge in [-0.15, -0.1) is 10.2 Å². The molecule has 3 aromatic carbocycles. The van der Waals surface area contributed by atoms with E-state index >= 15 is 0 Å². The fourth-order valence-electron chi connectivity index (χ4n) is 2.64. The zero-order valence-electron chi connectivity index (χ0n) is 14.8. The van der Waals surface area contributed by atoms with E-state index in [1.165, 1.54) is 11.8 Å². The van der Waals surface area contributed by atoms with Crippen molar-refractivity contribution in [3.63, 3.8) is 0 Å². The Balaban J connectivity index is 1.47. The third-order valence-corrected chi connectivity index (χ3v) is 4.83. The van der Waals surface area contributed by atoms with Crippen LogP contribution in [0.3, 0.4) is 0 Å². The van der Waals surface area contributed by atoms with Crippen LogP contribution in [0.4, 0.5) is 0 Å². The van der Waals surface area contributed by atoms with E-state index < -0.39 is 0 Å². The van der Waals surface area contributed by atoms with Crippen LogP contribution < -0.4 is 4.74 Å². The summed E-state index contributed by atoms with van der Waals surface area (Å²) in [5.74, 6) is 2.86. The first-order chi connectivity index (χ1) is 13.3. The fourth-order valence-corrected chi connectivity index (χ4v) is 3.39. The van der Waals surface area contributed by atoms with E-state index in [0.717, 1.165) is 28.2 Å². The summed E-state index contributed by atoms with van der Waals surface area (Å²) in [5.41, 5.74) is 3.16. The lowest BCUT2D eigenvalue weighted by Gasteiger charge is -2.10. The summed E-state index contributed by atoms with van der Waals surface area (Å²) in [6, 6.07) is 25.8. The van der Waals surface area contributed by atoms with Crippen molar-refractivity contribution in [1.29, 1.82) is 0 Å². The number of aromatic nitrogens is 2. The molecule has 0 bridgehead atoms. The Morgan fingerprint density at radius 3 is 2.56 bits per heavy atom. The van der Waals surface area contributed by atoms with Crippen molar-refractivity contribution in [3.05, 3.63) is 90.0 Å². The van der Waals surface area contributed by atoms with Crippen LogP contribution in [0.15, 0.2) is 88.5 Å². The van der Waals surface area contributed by atoms with Gasteiger partial charge in [0.1, 0.15) is 11.5 Å². The van der Waals surface area contributed by atoms with E-state index in [2.05, 4.69) is 10.2 Å². The Morgan fingerprint density at radius 1 is 0.889 bits per heavy atom. The summed E-state index contributed by atoms with van der Waals surface area (Å²) in [4.78, 5) is 0. The maximum atomic E-state index is 6.01. The number of hydrogen-bond acceptors (Lipinski definition) is 5. The zero-order valence-corrected chi connectivity index (χ0v) is 15.6. The zero-order chi connectivity index (χ0) is 18.5. The first-order valence-electron chi connectivity index (χ1n) is 8.62. The SMILES string of the molecule is Cc1cccc(-c2nnc(SCc3ccccc3Oc3ccccc3)o2)c1. The lowest BCUT2D eigenvalue weighted by Crippen LogP contribution is -1.90. The average molecular weight is 374 g/mol. The van der Waals surface area contributed by atoms with Crippen molar-refractivity contribution in [2.24, 2.45) is 0 Å². The number of ether oxygens (including phenoxy) is 1. The molecule has 0 atom stereocenters. The largest absolute Gasteiger partial charge is 0.457 e. The van der Waals surface area contributed by atoms with Gasteiger partial charge in [-0.3, -0.25) is 0 Å². The van der Waals surface area contributed by atoms with Crippen LogP contribution in [-0.2, 0) is 5.75 Å². The molecule has 27 heavy (non-hydrogen) atoms. The molecule has 0 fully saturated rings. The summed E-state index contributed by atoms with van der Waals surface area (Å²) < 4.78 is 11.8. The highest BCUT2D eigenvalue weighted by Crippen LogP contribution is 2.31. The lowest BCUT2D eigenvalue weighted by molar-refractivity contribution is 0.465. The number of benzene rings is 3. The minimum Gasteiger partial charge on any atom is -0.457 e. The standard InChI is InChI=1S/C22H18N2O2S/c1-16-8-7-10-17(14-16)21-23-24-22(26-21)27-15-18-9-5-6-13-20(18)25-19-11-3-2-4-12-19/h2-14H,15H2,1H3. The molecule has 0 amide bonds. The van der Waals surface area contributed by atoms with Crippen LogP contribution in [-0.4, -0.2) is 10.2 Å². The van der Waals surface area contributed by atoms with E-state index in [0.29, 0.717) is 16.9 Å². The molecule has 1 aromatic heterocycles. The van der Waals surface area contributed by atoms with Gasteiger partial charge < -0.3 is 9.15 Å². The second-order valence-electron chi connectivity index (χ2n) is 6.05. The van der Waals surface area contributed by atoms with E-state index in [1.54, 1.807) is 0 Å². The summed E-state index contributed by atoms with van der Waals surface area (Å²) in [6.07, 6.45) is 0. The van der Waals surface area contributed by atoms with Crippen molar-refractivity contribution in [1.82, 2.24) is 10.2 Å². The third kappa shape index (κ3) is 4.38. The first-order valence-corrected chi connectivity index (χ1v) is 9.61. The van der Waals surface area contributed by atoms with Crippen LogP contribution in [0.2, 0.25) is 0 Å². The second-order valence-corrected chi connectivity index (χ2v) is 6.98. The van der Waals surface area contributed by atoms with Crippen LogP contribution in [0.25, 0.3) is 11.5 Å². The van der Waals surface area contributed by atoms with Gasteiger partial charge in [-0.05, 0) is 37.3 Å². The van der Waals surface area contributed by atoms with Crippen LogP contribution >= 0.6 is 11.8 Å². The number of para-hydroxylation sites is 2. The van der Waals surface area contributed by atoms with Gasteiger partial charge in [-0.1, -0.05) is 65.9 Å². The van der Waals surface area contributed by atoms with Crippen molar-refractivity contribution >= 4 is 11.8 Å². The van der Waals surface area contributed by atoms with Gasteiger partial charge in [0.05, 0.1) is 0 Å². The summed E-state index contributed by atoms with van der Waals surface area (Å²) in [5, 5.41) is 8.86. The Hall–Kier alpha value is -3.05. The molecule has 0 saturated carbocycles. The third-order valence-electron chi connectivity index (χ3n) is 3.97. The molecule has 0 aliphatic heterocycles. The average Bonchev–Trinajstić information content (AvgIpc) is 3.17. The van der Waals surface area contributed by atoms with Gasteiger partial charge >= 0.3 is 0 Å². The van der Waals surface area contributed by atoms with Gasteiger partial charge in [0.2, 0.25) is 5.89 Å². The molecule has 1 heterocycles. The minimum absolute atomic E-state index is 0.537. The number of thioether (sulfide) groups is 1. The Morgan fingerprint density at radius 2 is 1.70 bits per heavy atom. The molecule has 4 nitrogen and oxygen atoms in total. The normalized spacial score (nSPS) is 10.7. The Labute approximate surface area is 162 Å². The fraction of sp³-hybridized carbons (Fsp3) is 0.0909. The Bertz CT molecular complexity index is 1030. The van der Waals surface area contributed by atoms with Gasteiger partial charge in [-0.2, -0.15) is 0 Å². The molecule has 134 valence electrons. The summed E-state index contributed by atoms with van der Waals surface area (Å²) in [6.45, 7) is 2.04. The minimum atomic E-state index is 0.537. The molecule has 0 saturated heterocycles. The highest BCUT2D eigenvalue weighted by Gasteiger charge is 2.11. The number of aryl methyl sites for hydroxylation is 1. The van der Waals surface area contributed by atoms with Crippen molar-refractivity contribution in [2.75, 3.05) is 0 Å². The number of hydrogen-bond donors (Lipinski definition) is 0. The molecule has 0 aliphatic rings. The molecule has 0 spiro atoms. The quantitative estimate of drug-likeness (QED) is 0.380. The van der Waals surface area contributed by atoms with E-state index in [-0.39, 0.29) is 0 Å². The van der Waals surface area contributed by atoms with Crippen LogP contribution in [0.5, 0.6) is 11.5 Å². The Kier molecular flexibility index (Phi) is 5.21. The monoisotopic (exact) mass is 374 g/mol. The van der Waals surface area contributed by atoms with Crippen molar-refractivity contribution in [2.45, 2.75) is 17.9 Å². The molecular weight excluding hydrogens is 356 g/mol. The predicted molar refractivity (Wildman–Crippen MR) is 107 cm³/mol. The van der Waals surface area contributed by atoms with Crippen molar-refractivity contribution in [3.8, 4) is 23.0 Å². The molecule has 4 rings (SSSR count). The van der Waals surface area contributed by atoms with Gasteiger partial charge in [0, 0.05) is 16.9 Å². The smallest absolute Gasteiger partial charge is 0.277 e. The first kappa shape index (κ1) is 17.4. The maximum absolute atomic E-state index is 6.01. The van der Waals surface area contributed by atoms with Gasteiger partial charge in [0.25, 0.3) is 5.22 Å². The number of rotatable bonds is 6.